The Morgan fingerprint density at radius 2 is 1.81 bits per heavy atom. The lowest BCUT2D eigenvalue weighted by molar-refractivity contribution is 0.567. The van der Waals surface area contributed by atoms with Crippen LogP contribution >= 0.6 is 0 Å². The Hall–Kier alpha value is -1.77. The molecular formula is C18H24N2O4S2. The summed E-state index contributed by atoms with van der Waals surface area (Å²) in [4.78, 5) is 4.15. The summed E-state index contributed by atoms with van der Waals surface area (Å²) in [7, 11) is -7.32. The predicted octanol–water partition coefficient (Wildman–Crippen LogP) is 2.54. The van der Waals surface area contributed by atoms with Gasteiger partial charge in [0.2, 0.25) is 10.0 Å². The van der Waals surface area contributed by atoms with E-state index >= 15 is 0 Å². The van der Waals surface area contributed by atoms with Crippen molar-refractivity contribution in [2.75, 3.05) is 12.3 Å². The number of benzene rings is 1. The number of sulfone groups is 1. The number of aryl methyl sites for hydroxylation is 2. The second-order valence-corrected chi connectivity index (χ2v) is 10.3. The van der Waals surface area contributed by atoms with E-state index in [1.807, 2.05) is 13.8 Å². The molecule has 1 N–H and O–H groups in total. The van der Waals surface area contributed by atoms with Gasteiger partial charge >= 0.3 is 0 Å². The van der Waals surface area contributed by atoms with Crippen molar-refractivity contribution in [2.45, 2.75) is 37.3 Å². The topological polar surface area (TPSA) is 93.2 Å². The fourth-order valence-corrected chi connectivity index (χ4v) is 5.51. The number of pyridine rings is 1. The van der Waals surface area contributed by atoms with Gasteiger partial charge in [0.25, 0.3) is 0 Å². The highest BCUT2D eigenvalue weighted by Crippen LogP contribution is 2.29. The normalized spacial score (nSPS) is 13.5. The quantitative estimate of drug-likeness (QED) is 0.740. The molecule has 26 heavy (non-hydrogen) atoms. The van der Waals surface area contributed by atoms with Gasteiger partial charge in [-0.25, -0.2) is 21.6 Å². The molecule has 0 radical (unpaired) electrons. The highest BCUT2D eigenvalue weighted by Gasteiger charge is 2.30. The predicted molar refractivity (Wildman–Crippen MR) is 102 cm³/mol. The summed E-state index contributed by atoms with van der Waals surface area (Å²) >= 11 is 0. The average molecular weight is 397 g/mol. The van der Waals surface area contributed by atoms with E-state index in [0.29, 0.717) is 12.0 Å². The molecule has 0 unspecified atom stereocenters. The Kier molecular flexibility index (Phi) is 6.54. The Morgan fingerprint density at radius 1 is 1.08 bits per heavy atom. The lowest BCUT2D eigenvalue weighted by atomic mass is 10.1. The van der Waals surface area contributed by atoms with E-state index in [-0.39, 0.29) is 17.2 Å². The van der Waals surface area contributed by atoms with Gasteiger partial charge in [0.1, 0.15) is 5.25 Å². The first kappa shape index (κ1) is 20.5. The van der Waals surface area contributed by atoms with Gasteiger partial charge in [-0.15, -0.1) is 0 Å². The van der Waals surface area contributed by atoms with Crippen LogP contribution in [0.3, 0.4) is 0 Å². The zero-order valence-electron chi connectivity index (χ0n) is 15.1. The zero-order chi connectivity index (χ0) is 19.4. The van der Waals surface area contributed by atoms with Crippen LogP contribution in [0.5, 0.6) is 0 Å². The van der Waals surface area contributed by atoms with Crippen LogP contribution in [0, 0.1) is 13.8 Å². The van der Waals surface area contributed by atoms with Gasteiger partial charge in [0.05, 0.1) is 10.6 Å². The highest BCUT2D eigenvalue weighted by atomic mass is 32.2. The number of hydrogen-bond acceptors (Lipinski definition) is 5. The summed E-state index contributed by atoms with van der Waals surface area (Å²) in [5.41, 5.74) is 2.30. The molecule has 0 fully saturated rings. The lowest BCUT2D eigenvalue weighted by Gasteiger charge is -2.19. The van der Waals surface area contributed by atoms with Crippen LogP contribution in [0.25, 0.3) is 0 Å². The molecule has 1 aromatic carbocycles. The van der Waals surface area contributed by atoms with Crippen molar-refractivity contribution in [1.29, 1.82) is 0 Å². The standard InChI is InChI=1S/C18H24N2O4S2/c1-4-10-25(21,22)20-13-18(16-6-5-9-19-12-16)26(23,24)17-8-7-14(2)15(3)11-17/h5-9,11-12,18,20H,4,10,13H2,1-3H3/t18-/m1/s1. The molecule has 1 atom stereocenters. The van der Waals surface area contributed by atoms with E-state index in [1.165, 1.54) is 6.20 Å². The molecule has 6 nitrogen and oxygen atoms in total. The van der Waals surface area contributed by atoms with Gasteiger partial charge in [-0.05, 0) is 55.2 Å². The lowest BCUT2D eigenvalue weighted by Crippen LogP contribution is -2.33. The van der Waals surface area contributed by atoms with Crippen molar-refractivity contribution >= 4 is 19.9 Å². The second-order valence-electron chi connectivity index (χ2n) is 6.23. The first-order valence-corrected chi connectivity index (χ1v) is 11.6. The largest absolute Gasteiger partial charge is 0.264 e. The Morgan fingerprint density at radius 3 is 2.38 bits per heavy atom. The van der Waals surface area contributed by atoms with Crippen LogP contribution in [0.1, 0.15) is 35.3 Å². The zero-order valence-corrected chi connectivity index (χ0v) is 16.8. The van der Waals surface area contributed by atoms with Crippen LogP contribution in [0.4, 0.5) is 0 Å². The molecule has 1 aromatic heterocycles. The number of aromatic nitrogens is 1. The molecule has 0 aliphatic heterocycles. The minimum atomic E-state index is -3.80. The third kappa shape index (κ3) is 4.90. The van der Waals surface area contributed by atoms with Crippen LogP contribution in [0.15, 0.2) is 47.6 Å². The monoisotopic (exact) mass is 396 g/mol. The maximum atomic E-state index is 13.2. The highest BCUT2D eigenvalue weighted by molar-refractivity contribution is 7.92. The third-order valence-corrected chi connectivity index (χ3v) is 7.85. The number of nitrogens with zero attached hydrogens (tertiary/aromatic N) is 1. The molecule has 8 heteroatoms. The molecule has 0 aliphatic carbocycles. The van der Waals surface area contributed by atoms with Crippen LogP contribution in [-0.2, 0) is 19.9 Å². The molecule has 0 spiro atoms. The van der Waals surface area contributed by atoms with Crippen molar-refractivity contribution in [1.82, 2.24) is 9.71 Å². The minimum absolute atomic E-state index is 0.0452. The van der Waals surface area contributed by atoms with Crippen molar-refractivity contribution in [3.05, 3.63) is 59.4 Å². The van der Waals surface area contributed by atoms with Gasteiger partial charge in [-0.1, -0.05) is 19.1 Å². The van der Waals surface area contributed by atoms with Gasteiger partial charge < -0.3 is 0 Å². The van der Waals surface area contributed by atoms with Crippen molar-refractivity contribution in [3.63, 3.8) is 0 Å². The summed E-state index contributed by atoms with van der Waals surface area (Å²) in [6, 6.07) is 8.21. The molecular weight excluding hydrogens is 372 g/mol. The Bertz CT molecular complexity index is 956. The molecule has 0 aliphatic rings. The van der Waals surface area contributed by atoms with Crippen LogP contribution in [-0.4, -0.2) is 34.1 Å². The number of hydrogen-bond donors (Lipinski definition) is 1. The number of sulfonamides is 1. The maximum absolute atomic E-state index is 13.2. The van der Waals surface area contributed by atoms with Gasteiger partial charge in [-0.3, -0.25) is 4.98 Å². The smallest absolute Gasteiger partial charge is 0.211 e. The van der Waals surface area contributed by atoms with Crippen molar-refractivity contribution in [3.8, 4) is 0 Å². The Balaban J connectivity index is 2.44. The van der Waals surface area contributed by atoms with E-state index < -0.39 is 25.1 Å². The summed E-state index contributed by atoms with van der Waals surface area (Å²) in [6.07, 6.45) is 3.46. The van der Waals surface area contributed by atoms with Gasteiger partial charge in [-0.2, -0.15) is 0 Å². The Labute approximate surface area is 155 Å². The first-order chi connectivity index (χ1) is 12.2. The maximum Gasteiger partial charge on any atom is 0.211 e. The fourth-order valence-electron chi connectivity index (χ4n) is 2.57. The second kappa shape index (κ2) is 8.28. The van der Waals surface area contributed by atoms with E-state index in [4.69, 9.17) is 0 Å². The minimum Gasteiger partial charge on any atom is -0.264 e. The molecule has 2 rings (SSSR count). The summed E-state index contributed by atoms with van der Waals surface area (Å²) in [5.74, 6) is -0.0452. The third-order valence-electron chi connectivity index (χ3n) is 4.20. The van der Waals surface area contributed by atoms with E-state index in [0.717, 1.165) is 11.1 Å². The molecule has 142 valence electrons. The molecule has 0 saturated heterocycles. The van der Waals surface area contributed by atoms with Gasteiger partial charge in [0, 0.05) is 18.9 Å². The van der Waals surface area contributed by atoms with Crippen molar-refractivity contribution < 1.29 is 16.8 Å². The summed E-state index contributed by atoms with van der Waals surface area (Å²) in [5, 5.41) is -1.05. The molecule has 0 amide bonds. The molecule has 0 bridgehead atoms. The molecule has 1 heterocycles. The number of nitrogens with one attached hydrogen (secondary N) is 1. The van der Waals surface area contributed by atoms with E-state index in [9.17, 15) is 16.8 Å². The first-order valence-electron chi connectivity index (χ1n) is 8.36. The number of rotatable bonds is 8. The van der Waals surface area contributed by atoms with Crippen LogP contribution in [0.2, 0.25) is 0 Å². The average Bonchev–Trinajstić information content (AvgIpc) is 2.58. The van der Waals surface area contributed by atoms with E-state index in [1.54, 1.807) is 43.5 Å². The van der Waals surface area contributed by atoms with Crippen LogP contribution < -0.4 is 4.72 Å². The SMILES string of the molecule is CCCS(=O)(=O)NC[C@H](c1cccnc1)S(=O)(=O)c1ccc(C)c(C)c1. The molecule has 0 saturated carbocycles. The van der Waals surface area contributed by atoms with Gasteiger partial charge in [0.15, 0.2) is 9.84 Å². The summed E-state index contributed by atoms with van der Waals surface area (Å²) in [6.45, 7) is 5.27. The van der Waals surface area contributed by atoms with Crippen molar-refractivity contribution in [2.24, 2.45) is 0 Å². The fraction of sp³-hybridized carbons (Fsp3) is 0.389. The van der Waals surface area contributed by atoms with E-state index in [2.05, 4.69) is 9.71 Å². The summed E-state index contributed by atoms with van der Waals surface area (Å²) < 4.78 is 52.9. The molecule has 2 aromatic rings.